The second-order valence-electron chi connectivity index (χ2n) is 3.18. The molecule has 0 aliphatic rings. The van der Waals surface area contributed by atoms with Crippen LogP contribution in [0, 0.1) is 0 Å². The molecular weight excluding hydrogens is 249 g/mol. The zero-order valence-electron chi connectivity index (χ0n) is 9.25. The van der Waals surface area contributed by atoms with Crippen LogP contribution < -0.4 is 14.1 Å². The summed E-state index contributed by atoms with van der Waals surface area (Å²) in [5.41, 5.74) is 0.146. The lowest BCUT2D eigenvalue weighted by molar-refractivity contribution is 0.288. The van der Waals surface area contributed by atoms with E-state index >= 15 is 0 Å². The molecule has 1 aromatic carbocycles. The van der Waals surface area contributed by atoms with Gasteiger partial charge in [-0.25, -0.2) is 8.42 Å². The van der Waals surface area contributed by atoms with Crippen LogP contribution in [-0.4, -0.2) is 39.2 Å². The van der Waals surface area contributed by atoms with E-state index in [9.17, 15) is 8.42 Å². The standard InChI is InChI=1S/C8H12BNO6S/c1-15-8-4-3-6(16-9(11)12)5-7(8)10-17(2,13)14/h3-5,10-12H,1-2H3. The van der Waals surface area contributed by atoms with Gasteiger partial charge in [0.2, 0.25) is 10.0 Å². The van der Waals surface area contributed by atoms with E-state index in [0.29, 0.717) is 0 Å². The van der Waals surface area contributed by atoms with E-state index in [0.717, 1.165) is 6.26 Å². The van der Waals surface area contributed by atoms with Crippen molar-refractivity contribution in [1.82, 2.24) is 0 Å². The molecule has 0 radical (unpaired) electrons. The molecule has 0 bridgehead atoms. The van der Waals surface area contributed by atoms with Crippen molar-refractivity contribution in [3.05, 3.63) is 18.2 Å². The van der Waals surface area contributed by atoms with Gasteiger partial charge in [0.25, 0.3) is 0 Å². The van der Waals surface area contributed by atoms with Gasteiger partial charge in [-0.05, 0) is 12.1 Å². The number of anilines is 1. The molecule has 94 valence electrons. The quantitative estimate of drug-likeness (QED) is 0.612. The SMILES string of the molecule is COc1ccc(OB(O)O)cc1NS(C)(=O)=O. The summed E-state index contributed by atoms with van der Waals surface area (Å²) in [4.78, 5) is 0. The third-order valence-electron chi connectivity index (χ3n) is 1.71. The number of nitrogens with one attached hydrogen (secondary N) is 1. The molecule has 0 saturated carbocycles. The van der Waals surface area contributed by atoms with Crippen molar-refractivity contribution in [3.8, 4) is 11.5 Å². The molecule has 0 amide bonds. The Morgan fingerprint density at radius 3 is 2.47 bits per heavy atom. The maximum absolute atomic E-state index is 11.1. The van der Waals surface area contributed by atoms with Crippen LogP contribution in [0.2, 0.25) is 0 Å². The van der Waals surface area contributed by atoms with Crippen LogP contribution in [0.4, 0.5) is 5.69 Å². The Morgan fingerprint density at radius 2 is 2.00 bits per heavy atom. The van der Waals surface area contributed by atoms with Crippen molar-refractivity contribution in [1.29, 1.82) is 0 Å². The number of benzene rings is 1. The second kappa shape index (κ2) is 5.26. The lowest BCUT2D eigenvalue weighted by Gasteiger charge is -2.12. The summed E-state index contributed by atoms with van der Waals surface area (Å²) >= 11 is 0. The van der Waals surface area contributed by atoms with Crippen LogP contribution in [0.15, 0.2) is 18.2 Å². The summed E-state index contributed by atoms with van der Waals surface area (Å²) in [5, 5.41) is 17.2. The molecule has 0 aromatic heterocycles. The molecular formula is C8H12BNO6S. The van der Waals surface area contributed by atoms with Gasteiger partial charge in [-0.2, -0.15) is 0 Å². The molecule has 0 unspecified atom stereocenters. The fourth-order valence-corrected chi connectivity index (χ4v) is 1.72. The van der Waals surface area contributed by atoms with Crippen LogP contribution in [0.25, 0.3) is 0 Å². The first kappa shape index (κ1) is 13.6. The summed E-state index contributed by atoms with van der Waals surface area (Å²) in [6, 6.07) is 4.12. The summed E-state index contributed by atoms with van der Waals surface area (Å²) < 4.78 is 33.9. The van der Waals surface area contributed by atoms with Crippen LogP contribution >= 0.6 is 0 Å². The van der Waals surface area contributed by atoms with Gasteiger partial charge in [0, 0.05) is 6.07 Å². The fourth-order valence-electron chi connectivity index (χ4n) is 1.16. The topological polar surface area (TPSA) is 105 Å². The Bertz CT molecular complexity index is 489. The molecule has 0 aliphatic carbocycles. The molecule has 0 atom stereocenters. The van der Waals surface area contributed by atoms with E-state index in [1.807, 2.05) is 0 Å². The Balaban J connectivity index is 3.06. The number of hydrogen-bond donors (Lipinski definition) is 3. The van der Waals surface area contributed by atoms with Gasteiger partial charge < -0.3 is 19.4 Å². The Kier molecular flexibility index (Phi) is 4.21. The van der Waals surface area contributed by atoms with E-state index in [1.54, 1.807) is 0 Å². The number of sulfonamides is 1. The van der Waals surface area contributed by atoms with Gasteiger partial charge >= 0.3 is 7.32 Å². The molecule has 1 aromatic rings. The minimum atomic E-state index is -3.47. The second-order valence-corrected chi connectivity index (χ2v) is 4.93. The van der Waals surface area contributed by atoms with E-state index in [-0.39, 0.29) is 17.2 Å². The Labute approximate surface area is 99.2 Å². The van der Waals surface area contributed by atoms with Crippen LogP contribution in [0.5, 0.6) is 11.5 Å². The molecule has 0 aliphatic heterocycles. The van der Waals surface area contributed by atoms with Crippen molar-refractivity contribution >= 4 is 23.0 Å². The average Bonchev–Trinajstić information content (AvgIpc) is 2.14. The summed E-state index contributed by atoms with van der Waals surface area (Å²) in [6.45, 7) is 0. The Hall–Kier alpha value is -1.45. The first-order valence-electron chi connectivity index (χ1n) is 4.50. The first-order valence-corrected chi connectivity index (χ1v) is 6.39. The highest BCUT2D eigenvalue weighted by molar-refractivity contribution is 7.92. The smallest absolute Gasteiger partial charge is 0.512 e. The predicted octanol–water partition coefficient (Wildman–Crippen LogP) is -0.585. The van der Waals surface area contributed by atoms with Crippen LogP contribution in [0.1, 0.15) is 0 Å². The molecule has 0 fully saturated rings. The van der Waals surface area contributed by atoms with E-state index in [1.165, 1.54) is 25.3 Å². The average molecular weight is 261 g/mol. The highest BCUT2D eigenvalue weighted by Crippen LogP contribution is 2.29. The molecule has 9 heteroatoms. The number of ether oxygens (including phenoxy) is 1. The lowest BCUT2D eigenvalue weighted by Crippen LogP contribution is -2.20. The van der Waals surface area contributed by atoms with Crippen molar-refractivity contribution < 1.29 is 27.9 Å². The van der Waals surface area contributed by atoms with Gasteiger partial charge in [-0.1, -0.05) is 0 Å². The summed E-state index contributed by atoms with van der Waals surface area (Å²) in [6.07, 6.45) is 0.987. The number of rotatable bonds is 5. The third kappa shape index (κ3) is 4.51. The normalized spacial score (nSPS) is 10.8. The predicted molar refractivity (Wildman–Crippen MR) is 62.3 cm³/mol. The monoisotopic (exact) mass is 261 g/mol. The van der Waals surface area contributed by atoms with Crippen molar-refractivity contribution in [2.75, 3.05) is 18.1 Å². The van der Waals surface area contributed by atoms with E-state index in [2.05, 4.69) is 9.38 Å². The van der Waals surface area contributed by atoms with Gasteiger partial charge in [-0.15, -0.1) is 0 Å². The van der Waals surface area contributed by atoms with Crippen LogP contribution in [-0.2, 0) is 10.0 Å². The maximum Gasteiger partial charge on any atom is 0.707 e. The highest BCUT2D eigenvalue weighted by atomic mass is 32.2. The third-order valence-corrected chi connectivity index (χ3v) is 2.30. The van der Waals surface area contributed by atoms with E-state index in [4.69, 9.17) is 14.8 Å². The van der Waals surface area contributed by atoms with Crippen molar-refractivity contribution in [2.24, 2.45) is 0 Å². The molecule has 3 N–H and O–H groups in total. The minimum absolute atomic E-state index is 0.0898. The van der Waals surface area contributed by atoms with E-state index < -0.39 is 17.3 Å². The lowest BCUT2D eigenvalue weighted by atomic mass is 10.2. The van der Waals surface area contributed by atoms with Crippen LogP contribution in [0.3, 0.4) is 0 Å². The zero-order valence-corrected chi connectivity index (χ0v) is 10.1. The molecule has 17 heavy (non-hydrogen) atoms. The zero-order chi connectivity index (χ0) is 13.1. The molecule has 1 rings (SSSR count). The molecule has 0 heterocycles. The first-order chi connectivity index (χ1) is 7.81. The molecule has 7 nitrogen and oxygen atoms in total. The largest absolute Gasteiger partial charge is 0.707 e. The van der Waals surface area contributed by atoms with Gasteiger partial charge in [0.05, 0.1) is 19.1 Å². The van der Waals surface area contributed by atoms with Gasteiger partial charge in [-0.3, -0.25) is 4.72 Å². The highest BCUT2D eigenvalue weighted by Gasteiger charge is 2.14. The summed E-state index contributed by atoms with van der Waals surface area (Å²) in [5.74, 6) is 0.377. The minimum Gasteiger partial charge on any atom is -0.512 e. The van der Waals surface area contributed by atoms with Crippen molar-refractivity contribution in [2.45, 2.75) is 0 Å². The maximum atomic E-state index is 11.1. The molecule has 0 saturated heterocycles. The van der Waals surface area contributed by atoms with Gasteiger partial charge in [0.15, 0.2) is 0 Å². The Morgan fingerprint density at radius 1 is 1.35 bits per heavy atom. The number of hydrogen-bond acceptors (Lipinski definition) is 6. The molecule has 0 spiro atoms. The number of methoxy groups -OCH3 is 1. The summed E-state index contributed by atoms with van der Waals surface area (Å²) in [7, 11) is -4.06. The van der Waals surface area contributed by atoms with Gasteiger partial charge in [0.1, 0.15) is 11.5 Å². The fraction of sp³-hybridized carbons (Fsp3) is 0.250. The van der Waals surface area contributed by atoms with Crippen molar-refractivity contribution in [3.63, 3.8) is 0 Å².